The van der Waals surface area contributed by atoms with Crippen LogP contribution in [0.5, 0.6) is 0 Å². The van der Waals surface area contributed by atoms with Gasteiger partial charge in [-0.2, -0.15) is 11.8 Å². The highest BCUT2D eigenvalue weighted by atomic mass is 35.5. The molecule has 1 aliphatic rings. The Balaban J connectivity index is 1.95. The van der Waals surface area contributed by atoms with Gasteiger partial charge in [-0.15, -0.1) is 11.6 Å². The molecule has 0 saturated heterocycles. The fraction of sp³-hybridized carbons (Fsp3) is 0.500. The van der Waals surface area contributed by atoms with E-state index < -0.39 is 0 Å². The molecular formula is C14H18ClNOS. The molecule has 0 radical (unpaired) electrons. The van der Waals surface area contributed by atoms with Crippen LogP contribution in [0.2, 0.25) is 0 Å². The first-order chi connectivity index (χ1) is 8.72. The molecule has 2 unspecified atom stereocenters. The van der Waals surface area contributed by atoms with Crippen molar-refractivity contribution in [3.63, 3.8) is 0 Å². The minimum absolute atomic E-state index is 0.0220. The fourth-order valence-electron chi connectivity index (χ4n) is 2.35. The van der Waals surface area contributed by atoms with Crippen molar-refractivity contribution in [2.45, 2.75) is 36.4 Å². The van der Waals surface area contributed by atoms with Gasteiger partial charge in [0.05, 0.1) is 0 Å². The normalized spacial score (nSPS) is 23.0. The minimum atomic E-state index is 0.0220. The third-order valence-electron chi connectivity index (χ3n) is 3.40. The largest absolute Gasteiger partial charge is 0.349 e. The molecule has 98 valence electrons. The standard InChI is InChI=1S/C14H18ClNOS/c1-18-13-6-5-12(8-13)16-14(17)11-4-2-3-10(7-11)9-15/h2-4,7,12-13H,5-6,8-9H2,1H3,(H,16,17). The second kappa shape index (κ2) is 6.48. The van der Waals surface area contributed by atoms with Gasteiger partial charge in [0.2, 0.25) is 0 Å². The van der Waals surface area contributed by atoms with Crippen LogP contribution in [0.15, 0.2) is 24.3 Å². The molecule has 1 amide bonds. The van der Waals surface area contributed by atoms with Crippen molar-refractivity contribution in [1.29, 1.82) is 0 Å². The molecule has 0 aliphatic heterocycles. The Morgan fingerprint density at radius 2 is 2.33 bits per heavy atom. The SMILES string of the molecule is CSC1CCC(NC(=O)c2cccc(CCl)c2)C1. The zero-order valence-corrected chi connectivity index (χ0v) is 12.1. The summed E-state index contributed by atoms with van der Waals surface area (Å²) in [6, 6.07) is 7.85. The molecule has 2 rings (SSSR count). The van der Waals surface area contributed by atoms with Crippen LogP contribution in [0, 0.1) is 0 Å². The summed E-state index contributed by atoms with van der Waals surface area (Å²) < 4.78 is 0. The molecule has 1 aliphatic carbocycles. The number of halogens is 1. The van der Waals surface area contributed by atoms with Gasteiger partial charge in [-0.1, -0.05) is 12.1 Å². The van der Waals surface area contributed by atoms with Crippen LogP contribution in [-0.2, 0) is 5.88 Å². The van der Waals surface area contributed by atoms with Gasteiger partial charge in [-0.3, -0.25) is 4.79 Å². The van der Waals surface area contributed by atoms with E-state index in [4.69, 9.17) is 11.6 Å². The zero-order valence-electron chi connectivity index (χ0n) is 10.5. The maximum Gasteiger partial charge on any atom is 0.251 e. The molecule has 1 aromatic carbocycles. The van der Waals surface area contributed by atoms with Gasteiger partial charge in [0.1, 0.15) is 0 Å². The number of hydrogen-bond donors (Lipinski definition) is 1. The Kier molecular flexibility index (Phi) is 4.95. The summed E-state index contributed by atoms with van der Waals surface area (Å²) in [5.41, 5.74) is 1.69. The van der Waals surface area contributed by atoms with Gasteiger partial charge < -0.3 is 5.32 Å². The average Bonchev–Trinajstić information content (AvgIpc) is 2.86. The number of hydrogen-bond acceptors (Lipinski definition) is 2. The lowest BCUT2D eigenvalue weighted by Gasteiger charge is -2.13. The molecule has 0 aromatic heterocycles. The van der Waals surface area contributed by atoms with Crippen LogP contribution >= 0.6 is 23.4 Å². The molecule has 0 spiro atoms. The van der Waals surface area contributed by atoms with E-state index in [1.165, 1.54) is 6.42 Å². The summed E-state index contributed by atoms with van der Waals surface area (Å²) in [4.78, 5) is 12.1. The highest BCUT2D eigenvalue weighted by molar-refractivity contribution is 7.99. The Labute approximate surface area is 117 Å². The predicted molar refractivity (Wildman–Crippen MR) is 78.4 cm³/mol. The number of nitrogens with one attached hydrogen (secondary N) is 1. The first-order valence-corrected chi connectivity index (χ1v) is 8.03. The summed E-state index contributed by atoms with van der Waals surface area (Å²) in [6.45, 7) is 0. The number of thioether (sulfide) groups is 1. The van der Waals surface area contributed by atoms with Gasteiger partial charge >= 0.3 is 0 Å². The van der Waals surface area contributed by atoms with Crippen molar-refractivity contribution >= 4 is 29.3 Å². The number of rotatable bonds is 4. The van der Waals surface area contributed by atoms with Crippen LogP contribution in [0.3, 0.4) is 0 Å². The molecule has 0 heterocycles. The van der Waals surface area contributed by atoms with E-state index in [1.807, 2.05) is 36.0 Å². The highest BCUT2D eigenvalue weighted by Crippen LogP contribution is 2.28. The topological polar surface area (TPSA) is 29.1 Å². The second-order valence-corrected chi connectivity index (χ2v) is 6.08. The van der Waals surface area contributed by atoms with Crippen molar-refractivity contribution in [2.24, 2.45) is 0 Å². The van der Waals surface area contributed by atoms with Crippen LogP contribution in [0.1, 0.15) is 35.2 Å². The van der Waals surface area contributed by atoms with Crippen molar-refractivity contribution in [2.75, 3.05) is 6.26 Å². The third kappa shape index (κ3) is 3.42. The Bertz CT molecular complexity index is 424. The van der Waals surface area contributed by atoms with E-state index in [9.17, 15) is 4.79 Å². The van der Waals surface area contributed by atoms with E-state index in [-0.39, 0.29) is 5.91 Å². The van der Waals surface area contributed by atoms with Crippen molar-refractivity contribution in [3.8, 4) is 0 Å². The lowest BCUT2D eigenvalue weighted by molar-refractivity contribution is 0.0938. The van der Waals surface area contributed by atoms with Crippen LogP contribution < -0.4 is 5.32 Å². The van der Waals surface area contributed by atoms with Gasteiger partial charge in [0.25, 0.3) is 5.91 Å². The van der Waals surface area contributed by atoms with Crippen molar-refractivity contribution in [3.05, 3.63) is 35.4 Å². The molecule has 2 atom stereocenters. The molecule has 4 heteroatoms. The molecule has 2 nitrogen and oxygen atoms in total. The summed E-state index contributed by atoms with van der Waals surface area (Å²) in [7, 11) is 0. The molecule has 1 N–H and O–H groups in total. The number of carbonyl (C=O) groups is 1. The lowest BCUT2D eigenvalue weighted by atomic mass is 10.1. The average molecular weight is 284 g/mol. The summed E-state index contributed by atoms with van der Waals surface area (Å²) in [6.07, 6.45) is 5.52. The van der Waals surface area contributed by atoms with Crippen molar-refractivity contribution in [1.82, 2.24) is 5.32 Å². The summed E-state index contributed by atoms with van der Waals surface area (Å²) in [5.74, 6) is 0.466. The first kappa shape index (κ1) is 13.8. The van der Waals surface area contributed by atoms with Gasteiger partial charge in [0, 0.05) is 22.7 Å². The van der Waals surface area contributed by atoms with E-state index in [2.05, 4.69) is 11.6 Å². The Hall–Kier alpha value is -0.670. The van der Waals surface area contributed by atoms with Crippen LogP contribution in [0.25, 0.3) is 0 Å². The zero-order chi connectivity index (χ0) is 13.0. The first-order valence-electron chi connectivity index (χ1n) is 6.21. The molecule has 0 bridgehead atoms. The van der Waals surface area contributed by atoms with E-state index >= 15 is 0 Å². The number of amides is 1. The molecular weight excluding hydrogens is 266 g/mol. The highest BCUT2D eigenvalue weighted by Gasteiger charge is 2.25. The minimum Gasteiger partial charge on any atom is -0.349 e. The Morgan fingerprint density at radius 1 is 1.50 bits per heavy atom. The number of benzene rings is 1. The van der Waals surface area contributed by atoms with Crippen LogP contribution in [-0.4, -0.2) is 23.5 Å². The fourth-order valence-corrected chi connectivity index (χ4v) is 3.31. The third-order valence-corrected chi connectivity index (χ3v) is 4.80. The van der Waals surface area contributed by atoms with E-state index in [1.54, 1.807) is 0 Å². The van der Waals surface area contributed by atoms with E-state index in [0.717, 1.165) is 18.4 Å². The number of alkyl halides is 1. The maximum absolute atomic E-state index is 12.1. The quantitative estimate of drug-likeness (QED) is 0.858. The lowest BCUT2D eigenvalue weighted by Crippen LogP contribution is -2.33. The number of carbonyl (C=O) groups excluding carboxylic acids is 1. The van der Waals surface area contributed by atoms with Gasteiger partial charge in [0.15, 0.2) is 0 Å². The smallest absolute Gasteiger partial charge is 0.251 e. The molecule has 18 heavy (non-hydrogen) atoms. The van der Waals surface area contributed by atoms with E-state index in [0.29, 0.717) is 22.7 Å². The summed E-state index contributed by atoms with van der Waals surface area (Å²) in [5, 5.41) is 3.81. The van der Waals surface area contributed by atoms with Gasteiger partial charge in [-0.25, -0.2) is 0 Å². The maximum atomic E-state index is 12.1. The Morgan fingerprint density at radius 3 is 3.00 bits per heavy atom. The molecule has 1 aromatic rings. The molecule has 1 fully saturated rings. The molecule has 1 saturated carbocycles. The predicted octanol–water partition coefficient (Wildman–Crippen LogP) is 3.44. The monoisotopic (exact) mass is 283 g/mol. The second-order valence-electron chi connectivity index (χ2n) is 4.68. The van der Waals surface area contributed by atoms with Gasteiger partial charge in [-0.05, 0) is 43.2 Å². The van der Waals surface area contributed by atoms with Crippen molar-refractivity contribution < 1.29 is 4.79 Å². The summed E-state index contributed by atoms with van der Waals surface area (Å²) >= 11 is 7.67. The van der Waals surface area contributed by atoms with Crippen LogP contribution in [0.4, 0.5) is 0 Å².